The first-order chi connectivity index (χ1) is 6.71. The Kier molecular flexibility index (Phi) is 5.29. The van der Waals surface area contributed by atoms with Gasteiger partial charge in [0.05, 0.1) is 0 Å². The van der Waals surface area contributed by atoms with Gasteiger partial charge in [-0.2, -0.15) is 0 Å². The van der Waals surface area contributed by atoms with Crippen molar-refractivity contribution in [1.29, 1.82) is 0 Å². The molecule has 0 heterocycles. The monoisotopic (exact) mass is 214 g/mol. The lowest BCUT2D eigenvalue weighted by atomic mass is 9.86. The minimum absolute atomic E-state index is 0.0322. The first-order valence-corrected chi connectivity index (χ1v) is 5.68. The van der Waals surface area contributed by atoms with E-state index in [1.807, 2.05) is 18.9 Å². The van der Waals surface area contributed by atoms with Crippen molar-refractivity contribution in [1.82, 2.24) is 4.90 Å². The molecule has 2 N–H and O–H groups in total. The van der Waals surface area contributed by atoms with Crippen molar-refractivity contribution in [3.63, 3.8) is 0 Å². The summed E-state index contributed by atoms with van der Waals surface area (Å²) in [5.74, 6) is 0.229. The number of hydrogen-bond acceptors (Lipinski definition) is 2. The van der Waals surface area contributed by atoms with E-state index in [2.05, 4.69) is 27.7 Å². The van der Waals surface area contributed by atoms with E-state index in [1.165, 1.54) is 0 Å². The minimum Gasteiger partial charge on any atom is -0.342 e. The normalized spacial score (nSPS) is 15.9. The molecule has 3 nitrogen and oxygen atoms in total. The molecule has 0 rings (SSSR count). The van der Waals surface area contributed by atoms with Crippen molar-refractivity contribution in [2.24, 2.45) is 17.1 Å². The summed E-state index contributed by atoms with van der Waals surface area (Å²) < 4.78 is 0. The highest BCUT2D eigenvalue weighted by Gasteiger charge is 2.28. The standard InChI is InChI=1S/C12H26N2O/c1-9(7-8-13)11(15)14(6)10(2)12(3,4)5/h9-10H,7-8,13H2,1-6H3. The molecule has 0 saturated heterocycles. The summed E-state index contributed by atoms with van der Waals surface area (Å²) in [5, 5.41) is 0. The van der Waals surface area contributed by atoms with E-state index in [-0.39, 0.29) is 23.3 Å². The van der Waals surface area contributed by atoms with Gasteiger partial charge in [0.15, 0.2) is 0 Å². The fraction of sp³-hybridized carbons (Fsp3) is 0.917. The summed E-state index contributed by atoms with van der Waals surface area (Å²) in [6.07, 6.45) is 0.764. The van der Waals surface area contributed by atoms with Crippen LogP contribution >= 0.6 is 0 Å². The van der Waals surface area contributed by atoms with E-state index in [1.54, 1.807) is 0 Å². The van der Waals surface area contributed by atoms with Gasteiger partial charge in [-0.15, -0.1) is 0 Å². The van der Waals surface area contributed by atoms with Crippen molar-refractivity contribution >= 4 is 5.91 Å². The molecule has 2 atom stereocenters. The fourth-order valence-corrected chi connectivity index (χ4v) is 1.49. The summed E-state index contributed by atoms with van der Waals surface area (Å²) in [6.45, 7) is 11.1. The molecule has 0 fully saturated rings. The average Bonchev–Trinajstić information content (AvgIpc) is 2.13. The smallest absolute Gasteiger partial charge is 0.225 e. The summed E-state index contributed by atoms with van der Waals surface area (Å²) in [7, 11) is 1.88. The van der Waals surface area contributed by atoms with Crippen molar-refractivity contribution in [2.45, 2.75) is 47.1 Å². The third-order valence-corrected chi connectivity index (χ3v) is 3.20. The molecule has 15 heavy (non-hydrogen) atoms. The second-order valence-electron chi connectivity index (χ2n) is 5.47. The lowest BCUT2D eigenvalue weighted by Crippen LogP contribution is -2.45. The molecule has 0 aromatic rings. The number of hydrogen-bond donors (Lipinski definition) is 1. The van der Waals surface area contributed by atoms with E-state index in [0.29, 0.717) is 6.54 Å². The molecule has 0 aromatic carbocycles. The van der Waals surface area contributed by atoms with Gasteiger partial charge in [-0.05, 0) is 25.3 Å². The Morgan fingerprint density at radius 1 is 1.33 bits per heavy atom. The maximum Gasteiger partial charge on any atom is 0.225 e. The average molecular weight is 214 g/mol. The number of carbonyl (C=O) groups excluding carboxylic acids is 1. The Labute approximate surface area is 94.0 Å². The summed E-state index contributed by atoms with van der Waals surface area (Å²) in [6, 6.07) is 0.241. The van der Waals surface area contributed by atoms with Crippen LogP contribution in [0, 0.1) is 11.3 Å². The molecule has 2 unspecified atom stereocenters. The Hall–Kier alpha value is -0.570. The van der Waals surface area contributed by atoms with Crippen molar-refractivity contribution in [2.75, 3.05) is 13.6 Å². The third kappa shape index (κ3) is 4.20. The SMILES string of the molecule is CC(CCN)C(=O)N(C)C(C)C(C)(C)C. The van der Waals surface area contributed by atoms with Gasteiger partial charge in [-0.25, -0.2) is 0 Å². The van der Waals surface area contributed by atoms with Crippen LogP contribution in [0.3, 0.4) is 0 Å². The van der Waals surface area contributed by atoms with Crippen molar-refractivity contribution in [3.8, 4) is 0 Å². The van der Waals surface area contributed by atoms with E-state index < -0.39 is 0 Å². The third-order valence-electron chi connectivity index (χ3n) is 3.20. The number of rotatable bonds is 4. The topological polar surface area (TPSA) is 46.3 Å². The molecular weight excluding hydrogens is 188 g/mol. The van der Waals surface area contributed by atoms with Gasteiger partial charge in [0.1, 0.15) is 0 Å². The van der Waals surface area contributed by atoms with E-state index in [9.17, 15) is 4.79 Å². The van der Waals surface area contributed by atoms with Gasteiger partial charge in [0.2, 0.25) is 5.91 Å². The molecule has 0 aliphatic carbocycles. The molecular formula is C12H26N2O. The van der Waals surface area contributed by atoms with E-state index in [4.69, 9.17) is 5.73 Å². The molecule has 0 radical (unpaired) electrons. The largest absolute Gasteiger partial charge is 0.342 e. The molecule has 0 aromatic heterocycles. The molecule has 0 aliphatic heterocycles. The van der Waals surface area contributed by atoms with Crippen LogP contribution in [0.5, 0.6) is 0 Å². The number of carbonyl (C=O) groups is 1. The zero-order valence-corrected chi connectivity index (χ0v) is 11.0. The number of amides is 1. The van der Waals surface area contributed by atoms with Gasteiger partial charge in [-0.1, -0.05) is 27.7 Å². The number of nitrogens with two attached hydrogens (primary N) is 1. The van der Waals surface area contributed by atoms with Gasteiger partial charge in [0.25, 0.3) is 0 Å². The lowest BCUT2D eigenvalue weighted by molar-refractivity contribution is -0.137. The second kappa shape index (κ2) is 5.50. The van der Waals surface area contributed by atoms with Gasteiger partial charge in [0, 0.05) is 19.0 Å². The molecule has 3 heteroatoms. The van der Waals surface area contributed by atoms with Crippen LogP contribution in [-0.4, -0.2) is 30.4 Å². The van der Waals surface area contributed by atoms with Gasteiger partial charge < -0.3 is 10.6 Å². The van der Waals surface area contributed by atoms with Crippen LogP contribution in [-0.2, 0) is 4.79 Å². The number of nitrogens with zero attached hydrogens (tertiary/aromatic N) is 1. The molecule has 0 saturated carbocycles. The Morgan fingerprint density at radius 2 is 1.80 bits per heavy atom. The first kappa shape index (κ1) is 14.4. The van der Waals surface area contributed by atoms with E-state index in [0.717, 1.165) is 6.42 Å². The highest BCUT2D eigenvalue weighted by atomic mass is 16.2. The van der Waals surface area contributed by atoms with Crippen molar-refractivity contribution in [3.05, 3.63) is 0 Å². The van der Waals surface area contributed by atoms with Crippen LogP contribution < -0.4 is 5.73 Å². The first-order valence-electron chi connectivity index (χ1n) is 5.68. The van der Waals surface area contributed by atoms with E-state index >= 15 is 0 Å². The summed E-state index contributed by atoms with van der Waals surface area (Å²) in [4.78, 5) is 13.8. The van der Waals surface area contributed by atoms with Gasteiger partial charge in [-0.3, -0.25) is 4.79 Å². The quantitative estimate of drug-likeness (QED) is 0.776. The highest BCUT2D eigenvalue weighted by Crippen LogP contribution is 2.24. The van der Waals surface area contributed by atoms with Crippen LogP contribution in [0.1, 0.15) is 41.0 Å². The Bertz CT molecular complexity index is 208. The molecule has 1 amide bonds. The molecule has 0 bridgehead atoms. The molecule has 90 valence electrons. The van der Waals surface area contributed by atoms with Crippen LogP contribution in [0.15, 0.2) is 0 Å². The zero-order chi connectivity index (χ0) is 12.2. The second-order valence-corrected chi connectivity index (χ2v) is 5.47. The van der Waals surface area contributed by atoms with Crippen LogP contribution in [0.25, 0.3) is 0 Å². The fourth-order valence-electron chi connectivity index (χ4n) is 1.49. The zero-order valence-electron chi connectivity index (χ0n) is 11.0. The summed E-state index contributed by atoms with van der Waals surface area (Å²) in [5.41, 5.74) is 5.58. The summed E-state index contributed by atoms with van der Waals surface area (Å²) >= 11 is 0. The Morgan fingerprint density at radius 3 is 2.13 bits per heavy atom. The lowest BCUT2D eigenvalue weighted by Gasteiger charge is -2.36. The Balaban J connectivity index is 4.44. The predicted molar refractivity (Wildman–Crippen MR) is 64.5 cm³/mol. The highest BCUT2D eigenvalue weighted by molar-refractivity contribution is 5.78. The van der Waals surface area contributed by atoms with Crippen molar-refractivity contribution < 1.29 is 4.79 Å². The molecule has 0 aliphatic rings. The predicted octanol–water partition coefficient (Wildman–Crippen LogP) is 1.86. The van der Waals surface area contributed by atoms with Crippen LogP contribution in [0.2, 0.25) is 0 Å². The molecule has 0 spiro atoms. The van der Waals surface area contributed by atoms with Crippen LogP contribution in [0.4, 0.5) is 0 Å². The minimum atomic E-state index is 0.0322. The maximum absolute atomic E-state index is 12.0. The maximum atomic E-state index is 12.0. The van der Waals surface area contributed by atoms with Gasteiger partial charge >= 0.3 is 0 Å².